The number of hydrogen-bond donors (Lipinski definition) is 1. The van der Waals surface area contributed by atoms with Crippen LogP contribution in [0.3, 0.4) is 0 Å². The lowest BCUT2D eigenvalue weighted by atomic mass is 9.82. The van der Waals surface area contributed by atoms with Crippen LogP contribution in [0.25, 0.3) is 5.57 Å². The zero-order chi connectivity index (χ0) is 16.2. The Kier molecular flexibility index (Phi) is 5.07. The molecular formula is C21H27N. The van der Waals surface area contributed by atoms with Crippen molar-refractivity contribution >= 4 is 5.57 Å². The van der Waals surface area contributed by atoms with Gasteiger partial charge in [-0.05, 0) is 36.1 Å². The van der Waals surface area contributed by atoms with Crippen LogP contribution in [0.15, 0.2) is 66.4 Å². The van der Waals surface area contributed by atoms with Crippen molar-refractivity contribution in [2.24, 2.45) is 0 Å². The standard InChI is InChI=1S/C21H27N/c1-6-8-9-12-17(7-2)22-15-19-16(3)21(4,5)20-14-11-10-13-18(19)20/h6,8-14,22H,1,7,15H2,2-5H3/b9-8-,17-12+. The molecule has 0 aromatic heterocycles. The van der Waals surface area contributed by atoms with Crippen LogP contribution in [0.2, 0.25) is 0 Å². The first kappa shape index (κ1) is 16.4. The van der Waals surface area contributed by atoms with E-state index >= 15 is 0 Å². The number of hydrogen-bond acceptors (Lipinski definition) is 1. The van der Waals surface area contributed by atoms with Crippen molar-refractivity contribution < 1.29 is 0 Å². The minimum absolute atomic E-state index is 0.131. The molecule has 1 aromatic rings. The lowest BCUT2D eigenvalue weighted by Crippen LogP contribution is -2.17. The average molecular weight is 293 g/mol. The van der Waals surface area contributed by atoms with Crippen LogP contribution in [-0.4, -0.2) is 6.54 Å². The van der Waals surface area contributed by atoms with Crippen LogP contribution in [0.5, 0.6) is 0 Å². The fourth-order valence-corrected chi connectivity index (χ4v) is 3.05. The van der Waals surface area contributed by atoms with Crippen molar-refractivity contribution in [3.05, 3.63) is 77.5 Å². The molecule has 1 heteroatoms. The van der Waals surface area contributed by atoms with Gasteiger partial charge in [-0.15, -0.1) is 0 Å². The van der Waals surface area contributed by atoms with Gasteiger partial charge < -0.3 is 5.32 Å². The summed E-state index contributed by atoms with van der Waals surface area (Å²) in [6, 6.07) is 8.78. The van der Waals surface area contributed by atoms with Crippen molar-refractivity contribution in [1.82, 2.24) is 5.32 Å². The summed E-state index contributed by atoms with van der Waals surface area (Å²) in [7, 11) is 0. The Bertz CT molecular complexity index is 642. The first-order valence-corrected chi connectivity index (χ1v) is 8.04. The van der Waals surface area contributed by atoms with Crippen molar-refractivity contribution in [2.75, 3.05) is 6.54 Å². The molecule has 1 aliphatic carbocycles. The second kappa shape index (κ2) is 6.83. The summed E-state index contributed by atoms with van der Waals surface area (Å²) in [6.45, 7) is 13.7. The van der Waals surface area contributed by atoms with E-state index in [0.29, 0.717) is 0 Å². The van der Waals surface area contributed by atoms with E-state index < -0.39 is 0 Å². The Labute approximate surface area is 135 Å². The number of rotatable bonds is 6. The summed E-state index contributed by atoms with van der Waals surface area (Å²) >= 11 is 0. The summed E-state index contributed by atoms with van der Waals surface area (Å²) in [6.07, 6.45) is 8.91. The molecule has 0 radical (unpaired) electrons. The number of fused-ring (bicyclic) bond motifs is 1. The maximum atomic E-state index is 3.70. The minimum atomic E-state index is 0.131. The molecule has 0 aliphatic heterocycles. The highest BCUT2D eigenvalue weighted by atomic mass is 14.9. The van der Waals surface area contributed by atoms with Gasteiger partial charge >= 0.3 is 0 Å². The molecule has 1 aliphatic rings. The van der Waals surface area contributed by atoms with E-state index in [1.165, 1.54) is 28.0 Å². The lowest BCUT2D eigenvalue weighted by molar-refractivity contribution is 0.638. The monoisotopic (exact) mass is 293 g/mol. The predicted molar refractivity (Wildman–Crippen MR) is 97.8 cm³/mol. The molecule has 2 rings (SSSR count). The van der Waals surface area contributed by atoms with E-state index in [0.717, 1.165) is 13.0 Å². The SMILES string of the molecule is C=C/C=C\C=C(/CC)NCC1=C(C)C(C)(C)c2ccccc21. The highest BCUT2D eigenvalue weighted by Crippen LogP contribution is 2.45. The van der Waals surface area contributed by atoms with Crippen molar-refractivity contribution in [3.8, 4) is 0 Å². The van der Waals surface area contributed by atoms with Crippen LogP contribution in [0.1, 0.15) is 45.2 Å². The summed E-state index contributed by atoms with van der Waals surface area (Å²) in [4.78, 5) is 0. The second-order valence-electron chi connectivity index (χ2n) is 6.29. The van der Waals surface area contributed by atoms with E-state index in [-0.39, 0.29) is 5.41 Å². The normalized spacial score (nSPS) is 17.0. The highest BCUT2D eigenvalue weighted by Gasteiger charge is 2.34. The van der Waals surface area contributed by atoms with E-state index in [1.54, 1.807) is 6.08 Å². The first-order valence-electron chi connectivity index (χ1n) is 8.04. The molecule has 0 atom stereocenters. The van der Waals surface area contributed by atoms with Crippen LogP contribution in [-0.2, 0) is 5.41 Å². The molecule has 0 spiro atoms. The smallest absolute Gasteiger partial charge is 0.0403 e. The molecule has 1 aromatic carbocycles. The lowest BCUT2D eigenvalue weighted by Gasteiger charge is -2.22. The van der Waals surface area contributed by atoms with Gasteiger partial charge in [0.1, 0.15) is 0 Å². The summed E-state index contributed by atoms with van der Waals surface area (Å²) in [5.74, 6) is 0. The maximum absolute atomic E-state index is 3.70. The van der Waals surface area contributed by atoms with E-state index in [2.05, 4.69) is 69.9 Å². The molecule has 1 N–H and O–H groups in total. The fraction of sp³-hybridized carbons (Fsp3) is 0.333. The predicted octanol–water partition coefficient (Wildman–Crippen LogP) is 5.38. The van der Waals surface area contributed by atoms with Gasteiger partial charge in [0.15, 0.2) is 0 Å². The molecule has 116 valence electrons. The fourth-order valence-electron chi connectivity index (χ4n) is 3.05. The Balaban J connectivity index is 2.22. The zero-order valence-corrected chi connectivity index (χ0v) is 14.2. The minimum Gasteiger partial charge on any atom is -0.384 e. The molecule has 22 heavy (non-hydrogen) atoms. The third-order valence-corrected chi connectivity index (χ3v) is 4.73. The van der Waals surface area contributed by atoms with E-state index in [4.69, 9.17) is 0 Å². The van der Waals surface area contributed by atoms with Crippen molar-refractivity contribution in [1.29, 1.82) is 0 Å². The van der Waals surface area contributed by atoms with E-state index in [1.807, 2.05) is 12.2 Å². The van der Waals surface area contributed by atoms with Gasteiger partial charge in [0, 0.05) is 17.7 Å². The Morgan fingerprint density at radius 2 is 1.95 bits per heavy atom. The third kappa shape index (κ3) is 3.09. The number of allylic oxidation sites excluding steroid dienone is 6. The van der Waals surface area contributed by atoms with Gasteiger partial charge in [-0.1, -0.05) is 75.4 Å². The van der Waals surface area contributed by atoms with Gasteiger partial charge in [0.25, 0.3) is 0 Å². The molecule has 0 bridgehead atoms. The second-order valence-corrected chi connectivity index (χ2v) is 6.29. The molecular weight excluding hydrogens is 266 g/mol. The van der Waals surface area contributed by atoms with Crippen LogP contribution in [0.4, 0.5) is 0 Å². The number of benzene rings is 1. The highest BCUT2D eigenvalue weighted by molar-refractivity contribution is 5.80. The quantitative estimate of drug-likeness (QED) is 0.695. The largest absolute Gasteiger partial charge is 0.384 e. The zero-order valence-electron chi connectivity index (χ0n) is 14.2. The first-order chi connectivity index (χ1) is 10.5. The number of nitrogens with one attached hydrogen (secondary N) is 1. The maximum Gasteiger partial charge on any atom is 0.0403 e. The summed E-state index contributed by atoms with van der Waals surface area (Å²) < 4.78 is 0. The Hall–Kier alpha value is -2.02. The summed E-state index contributed by atoms with van der Waals surface area (Å²) in [5, 5.41) is 3.60. The Morgan fingerprint density at radius 3 is 2.64 bits per heavy atom. The van der Waals surface area contributed by atoms with Gasteiger partial charge in [-0.2, -0.15) is 0 Å². The molecule has 0 amide bonds. The molecule has 0 saturated heterocycles. The van der Waals surface area contributed by atoms with Gasteiger partial charge in [0.05, 0.1) is 0 Å². The summed E-state index contributed by atoms with van der Waals surface area (Å²) in [5.41, 5.74) is 7.13. The third-order valence-electron chi connectivity index (χ3n) is 4.73. The van der Waals surface area contributed by atoms with Crippen LogP contribution in [0, 0.1) is 0 Å². The van der Waals surface area contributed by atoms with E-state index in [9.17, 15) is 0 Å². The molecule has 0 saturated carbocycles. The average Bonchev–Trinajstić information content (AvgIpc) is 2.71. The van der Waals surface area contributed by atoms with Gasteiger partial charge in [-0.3, -0.25) is 0 Å². The molecule has 0 unspecified atom stereocenters. The van der Waals surface area contributed by atoms with Crippen LogP contribution < -0.4 is 5.32 Å². The van der Waals surface area contributed by atoms with Crippen LogP contribution >= 0.6 is 0 Å². The molecule has 0 heterocycles. The van der Waals surface area contributed by atoms with Crippen molar-refractivity contribution in [2.45, 2.75) is 39.5 Å². The topological polar surface area (TPSA) is 12.0 Å². The van der Waals surface area contributed by atoms with Gasteiger partial charge in [-0.25, -0.2) is 0 Å². The molecule has 0 fully saturated rings. The Morgan fingerprint density at radius 1 is 1.23 bits per heavy atom. The van der Waals surface area contributed by atoms with Crippen molar-refractivity contribution in [3.63, 3.8) is 0 Å². The molecule has 1 nitrogen and oxygen atoms in total. The van der Waals surface area contributed by atoms with Gasteiger partial charge in [0.2, 0.25) is 0 Å².